The first-order chi connectivity index (χ1) is 15.9. The Morgan fingerprint density at radius 3 is 2.52 bits per heavy atom. The van der Waals surface area contributed by atoms with Gasteiger partial charge in [0.1, 0.15) is 24.7 Å². The van der Waals surface area contributed by atoms with Crippen LogP contribution in [0, 0.1) is 5.82 Å². The van der Waals surface area contributed by atoms with E-state index in [0.717, 1.165) is 0 Å². The predicted molar refractivity (Wildman–Crippen MR) is 121 cm³/mol. The molecule has 170 valence electrons. The summed E-state index contributed by atoms with van der Waals surface area (Å²) in [5, 5.41) is 7.66. The van der Waals surface area contributed by atoms with Crippen LogP contribution >= 0.6 is 11.6 Å². The van der Waals surface area contributed by atoms with Crippen LogP contribution in [0.1, 0.15) is 25.5 Å². The number of anilines is 2. The highest BCUT2D eigenvalue weighted by molar-refractivity contribution is 6.30. The van der Waals surface area contributed by atoms with Gasteiger partial charge in [0.25, 0.3) is 0 Å². The first-order valence-corrected chi connectivity index (χ1v) is 10.6. The normalized spacial score (nSPS) is 15.3. The van der Waals surface area contributed by atoms with Crippen molar-refractivity contribution in [2.75, 3.05) is 23.4 Å². The molecule has 0 aliphatic carbocycles. The average molecular weight is 470 g/mol. The second-order valence-electron chi connectivity index (χ2n) is 7.32. The maximum absolute atomic E-state index is 13.6. The van der Waals surface area contributed by atoms with E-state index in [9.17, 15) is 14.0 Å². The molecule has 0 saturated heterocycles. The Hall–Kier alpha value is -3.72. The molecule has 0 spiro atoms. The summed E-state index contributed by atoms with van der Waals surface area (Å²) in [6, 6.07) is 11.8. The molecule has 2 heterocycles. The molecule has 1 N–H and O–H groups in total. The van der Waals surface area contributed by atoms with Crippen LogP contribution in [0.2, 0.25) is 5.02 Å². The molecule has 0 unspecified atom stereocenters. The molecule has 1 aliphatic rings. The molecule has 1 aliphatic heterocycles. The summed E-state index contributed by atoms with van der Waals surface area (Å²) < 4.78 is 20.4. The van der Waals surface area contributed by atoms with Crippen molar-refractivity contribution in [1.29, 1.82) is 0 Å². The van der Waals surface area contributed by atoms with Gasteiger partial charge >= 0.3 is 5.97 Å². The van der Waals surface area contributed by atoms with Gasteiger partial charge < -0.3 is 15.0 Å². The summed E-state index contributed by atoms with van der Waals surface area (Å²) in [7, 11) is 0. The van der Waals surface area contributed by atoms with Crippen molar-refractivity contribution in [1.82, 2.24) is 14.8 Å². The lowest BCUT2D eigenvalue weighted by molar-refractivity contribution is -0.139. The van der Waals surface area contributed by atoms with Crippen LogP contribution in [0.15, 0.2) is 66.1 Å². The number of rotatable bonds is 6. The maximum Gasteiger partial charge on any atom is 0.338 e. The Morgan fingerprint density at radius 2 is 1.85 bits per heavy atom. The SMILES string of the molecule is CCOC(=O)C1=C(C)N(CC(=O)Nc2ccc(Cl)cc2)c2ncnn2[C@@H]1c1ccc(F)cc1. The number of carbonyl (C=O) groups excluding carboxylic acids is 2. The van der Waals surface area contributed by atoms with Crippen molar-refractivity contribution in [3.05, 3.63) is 82.5 Å². The van der Waals surface area contributed by atoms with Crippen molar-refractivity contribution in [2.24, 2.45) is 0 Å². The lowest BCUT2D eigenvalue weighted by atomic mass is 9.95. The number of allylic oxidation sites excluding steroid dienone is 1. The molecule has 33 heavy (non-hydrogen) atoms. The minimum atomic E-state index is -0.683. The summed E-state index contributed by atoms with van der Waals surface area (Å²) in [5.74, 6) is -0.892. The highest BCUT2D eigenvalue weighted by Crippen LogP contribution is 2.38. The molecule has 1 amide bonds. The summed E-state index contributed by atoms with van der Waals surface area (Å²) in [4.78, 5) is 31.7. The molecule has 10 heteroatoms. The standard InChI is InChI=1S/C23H21ClFN5O3/c1-3-33-22(32)20-14(2)29(12-19(31)28-18-10-6-16(24)7-11-18)23-26-13-27-30(23)21(20)15-4-8-17(25)9-5-15/h4-11,13,21H,3,12H2,1-2H3,(H,28,31)/t21-/m1/s1. The Kier molecular flexibility index (Phi) is 6.41. The molecule has 1 aromatic heterocycles. The number of ether oxygens (including phenoxy) is 1. The van der Waals surface area contributed by atoms with Gasteiger partial charge in [-0.1, -0.05) is 23.7 Å². The molecular formula is C23H21ClFN5O3. The second-order valence-corrected chi connectivity index (χ2v) is 7.76. The van der Waals surface area contributed by atoms with E-state index in [1.54, 1.807) is 55.1 Å². The van der Waals surface area contributed by atoms with E-state index < -0.39 is 17.8 Å². The molecule has 0 bridgehead atoms. The number of hydrogen-bond acceptors (Lipinski definition) is 6. The van der Waals surface area contributed by atoms with Crippen molar-refractivity contribution >= 4 is 35.1 Å². The van der Waals surface area contributed by atoms with E-state index in [1.165, 1.54) is 23.1 Å². The third kappa shape index (κ3) is 4.58. The number of halogens is 2. The summed E-state index contributed by atoms with van der Waals surface area (Å²) in [5.41, 5.74) is 2.01. The van der Waals surface area contributed by atoms with E-state index >= 15 is 0 Å². The highest BCUT2D eigenvalue weighted by atomic mass is 35.5. The highest BCUT2D eigenvalue weighted by Gasteiger charge is 2.38. The van der Waals surface area contributed by atoms with Gasteiger partial charge in [-0.05, 0) is 55.8 Å². The van der Waals surface area contributed by atoms with Crippen LogP contribution in [0.3, 0.4) is 0 Å². The fourth-order valence-electron chi connectivity index (χ4n) is 3.72. The largest absolute Gasteiger partial charge is 0.463 e. The number of nitrogens with zero attached hydrogens (tertiary/aromatic N) is 4. The van der Waals surface area contributed by atoms with E-state index in [0.29, 0.717) is 33.5 Å². The zero-order valence-electron chi connectivity index (χ0n) is 18.0. The Bertz CT molecular complexity index is 1210. The van der Waals surface area contributed by atoms with Gasteiger partial charge in [-0.15, -0.1) is 0 Å². The van der Waals surface area contributed by atoms with E-state index in [1.807, 2.05) is 0 Å². The van der Waals surface area contributed by atoms with Gasteiger partial charge in [0.05, 0.1) is 12.2 Å². The van der Waals surface area contributed by atoms with Crippen LogP contribution in [0.25, 0.3) is 0 Å². The predicted octanol–water partition coefficient (Wildman–Crippen LogP) is 3.96. The molecule has 2 aromatic carbocycles. The van der Waals surface area contributed by atoms with Crippen LogP contribution < -0.4 is 10.2 Å². The lowest BCUT2D eigenvalue weighted by Gasteiger charge is -2.35. The number of nitrogens with one attached hydrogen (secondary N) is 1. The van der Waals surface area contributed by atoms with Gasteiger partial charge in [0.2, 0.25) is 11.9 Å². The Morgan fingerprint density at radius 1 is 1.15 bits per heavy atom. The molecular weight excluding hydrogens is 449 g/mol. The number of hydrogen-bond donors (Lipinski definition) is 1. The minimum Gasteiger partial charge on any atom is -0.463 e. The molecule has 0 radical (unpaired) electrons. The van der Waals surface area contributed by atoms with E-state index in [-0.39, 0.29) is 19.1 Å². The van der Waals surface area contributed by atoms with Crippen molar-refractivity contribution in [3.8, 4) is 0 Å². The Balaban J connectivity index is 1.72. The van der Waals surface area contributed by atoms with Crippen molar-refractivity contribution in [3.63, 3.8) is 0 Å². The fraction of sp³-hybridized carbons (Fsp3) is 0.217. The van der Waals surface area contributed by atoms with Crippen molar-refractivity contribution < 1.29 is 18.7 Å². The number of esters is 1. The number of benzene rings is 2. The lowest BCUT2D eigenvalue weighted by Crippen LogP contribution is -2.40. The molecule has 4 rings (SSSR count). The minimum absolute atomic E-state index is 0.119. The van der Waals surface area contributed by atoms with Gasteiger partial charge in [-0.2, -0.15) is 10.1 Å². The summed E-state index contributed by atoms with van der Waals surface area (Å²) >= 11 is 5.90. The maximum atomic E-state index is 13.6. The number of fused-ring (bicyclic) bond motifs is 1. The smallest absolute Gasteiger partial charge is 0.338 e. The number of aromatic nitrogens is 3. The zero-order chi connectivity index (χ0) is 23.5. The average Bonchev–Trinajstić information content (AvgIpc) is 3.27. The zero-order valence-corrected chi connectivity index (χ0v) is 18.7. The molecule has 8 nitrogen and oxygen atoms in total. The van der Waals surface area contributed by atoms with E-state index in [2.05, 4.69) is 15.4 Å². The third-order valence-corrected chi connectivity index (χ3v) is 5.47. The quantitative estimate of drug-likeness (QED) is 0.550. The number of carbonyl (C=O) groups is 2. The topological polar surface area (TPSA) is 89.3 Å². The first-order valence-electron chi connectivity index (χ1n) is 10.2. The fourth-order valence-corrected chi connectivity index (χ4v) is 3.85. The van der Waals surface area contributed by atoms with Gasteiger partial charge in [0.15, 0.2) is 0 Å². The van der Waals surface area contributed by atoms with E-state index in [4.69, 9.17) is 16.3 Å². The van der Waals surface area contributed by atoms with Gasteiger partial charge in [-0.25, -0.2) is 13.9 Å². The number of amides is 1. The second kappa shape index (κ2) is 9.41. The van der Waals surface area contributed by atoms with Crippen LogP contribution in [0.5, 0.6) is 0 Å². The van der Waals surface area contributed by atoms with Gasteiger partial charge in [0, 0.05) is 16.4 Å². The molecule has 0 saturated carbocycles. The third-order valence-electron chi connectivity index (χ3n) is 5.22. The molecule has 3 aromatic rings. The van der Waals surface area contributed by atoms with Crippen LogP contribution in [-0.2, 0) is 14.3 Å². The molecule has 1 atom stereocenters. The van der Waals surface area contributed by atoms with Crippen LogP contribution in [-0.4, -0.2) is 39.8 Å². The summed E-state index contributed by atoms with van der Waals surface area (Å²) in [6.07, 6.45) is 1.34. The van der Waals surface area contributed by atoms with Crippen LogP contribution in [0.4, 0.5) is 16.0 Å². The summed E-state index contributed by atoms with van der Waals surface area (Å²) in [6.45, 7) is 3.48. The first kappa shape index (κ1) is 22.5. The monoisotopic (exact) mass is 469 g/mol. The van der Waals surface area contributed by atoms with Crippen molar-refractivity contribution in [2.45, 2.75) is 19.9 Å². The molecule has 0 fully saturated rings. The van der Waals surface area contributed by atoms with Gasteiger partial charge in [-0.3, -0.25) is 4.79 Å². The Labute approximate surface area is 194 Å².